The van der Waals surface area contributed by atoms with Gasteiger partial charge in [0.2, 0.25) is 5.95 Å². The molecule has 1 aromatic carbocycles. The standard InChI is InChI=1S/C20H17F4N7O/c21-13-1-2-16(31-27-3-4-28-31)14(7-13)18(32)30-10-11-5-15(17(30)6-11)29-19-25-8-12(9-26-19)20(22,23)24/h1-4,7-9,11,15,17H,5-6,10H2,(H,25,26,29)/t11-,15+,17-/m0/s1. The summed E-state index contributed by atoms with van der Waals surface area (Å²) in [6.07, 6.45) is 1.31. The Morgan fingerprint density at radius 2 is 1.81 bits per heavy atom. The number of carbonyl (C=O) groups excluding carboxylic acids is 1. The van der Waals surface area contributed by atoms with Crippen LogP contribution in [0.3, 0.4) is 0 Å². The van der Waals surface area contributed by atoms with Gasteiger partial charge >= 0.3 is 6.18 Å². The van der Waals surface area contributed by atoms with E-state index < -0.39 is 17.6 Å². The lowest BCUT2D eigenvalue weighted by atomic mass is 10.0. The van der Waals surface area contributed by atoms with Crippen LogP contribution in [0, 0.1) is 11.7 Å². The minimum absolute atomic E-state index is 0.0649. The molecule has 0 unspecified atom stereocenters. The zero-order chi connectivity index (χ0) is 22.5. The van der Waals surface area contributed by atoms with Crippen molar-refractivity contribution in [3.05, 3.63) is 59.9 Å². The predicted octanol–water partition coefficient (Wildman–Crippen LogP) is 2.93. The van der Waals surface area contributed by atoms with E-state index in [0.717, 1.165) is 31.3 Å². The van der Waals surface area contributed by atoms with E-state index in [4.69, 9.17) is 0 Å². The molecule has 8 nitrogen and oxygen atoms in total. The topological polar surface area (TPSA) is 88.8 Å². The highest BCUT2D eigenvalue weighted by molar-refractivity contribution is 5.98. The van der Waals surface area contributed by atoms with E-state index >= 15 is 0 Å². The molecule has 3 heterocycles. The maximum absolute atomic E-state index is 14.0. The quantitative estimate of drug-likeness (QED) is 0.619. The van der Waals surface area contributed by atoms with Crippen molar-refractivity contribution in [2.45, 2.75) is 31.1 Å². The van der Waals surface area contributed by atoms with Crippen LogP contribution in [-0.2, 0) is 6.18 Å². The molecule has 1 N–H and O–H groups in total. The van der Waals surface area contributed by atoms with E-state index in [0.29, 0.717) is 12.2 Å². The van der Waals surface area contributed by atoms with Gasteiger partial charge in [0.15, 0.2) is 0 Å². The number of benzene rings is 1. The number of anilines is 1. The van der Waals surface area contributed by atoms with Gasteiger partial charge in [0.1, 0.15) is 5.82 Å². The molecule has 0 radical (unpaired) electrons. The average molecular weight is 447 g/mol. The molecule has 2 aromatic heterocycles. The number of halogens is 4. The number of alkyl halides is 3. The van der Waals surface area contributed by atoms with Crippen molar-refractivity contribution < 1.29 is 22.4 Å². The van der Waals surface area contributed by atoms with E-state index in [9.17, 15) is 22.4 Å². The van der Waals surface area contributed by atoms with Gasteiger partial charge in [-0.2, -0.15) is 28.2 Å². The summed E-state index contributed by atoms with van der Waals surface area (Å²) >= 11 is 0. The zero-order valence-corrected chi connectivity index (χ0v) is 16.5. The molecule has 1 aliphatic carbocycles. The molecule has 1 amide bonds. The Balaban J connectivity index is 1.37. The number of nitrogens with zero attached hydrogens (tertiary/aromatic N) is 6. The van der Waals surface area contributed by atoms with Gasteiger partial charge in [0.05, 0.1) is 35.2 Å². The highest BCUT2D eigenvalue weighted by Gasteiger charge is 2.47. The number of nitrogens with one attached hydrogen (secondary N) is 1. The number of piperidine rings is 1. The Hall–Kier alpha value is -3.57. The average Bonchev–Trinajstić information content (AvgIpc) is 3.50. The minimum Gasteiger partial charge on any atom is -0.349 e. The van der Waals surface area contributed by atoms with Crippen LogP contribution in [0.4, 0.5) is 23.5 Å². The van der Waals surface area contributed by atoms with Gasteiger partial charge in [-0.1, -0.05) is 0 Å². The largest absolute Gasteiger partial charge is 0.419 e. The molecular weight excluding hydrogens is 430 g/mol. The first-order valence-corrected chi connectivity index (χ1v) is 9.92. The Morgan fingerprint density at radius 1 is 1.09 bits per heavy atom. The fourth-order valence-corrected chi connectivity index (χ4v) is 4.48. The Kier molecular flexibility index (Phi) is 4.79. The molecular formula is C20H17F4N7O. The Labute approximate surface area is 179 Å². The fraction of sp³-hybridized carbons (Fsp3) is 0.350. The number of likely N-dealkylation sites (tertiary alicyclic amines) is 1. The van der Waals surface area contributed by atoms with Crippen molar-refractivity contribution in [1.82, 2.24) is 29.9 Å². The highest BCUT2D eigenvalue weighted by atomic mass is 19.4. The molecule has 1 saturated heterocycles. The van der Waals surface area contributed by atoms with Crippen molar-refractivity contribution in [3.63, 3.8) is 0 Å². The van der Waals surface area contributed by atoms with Gasteiger partial charge in [-0.15, -0.1) is 0 Å². The lowest BCUT2D eigenvalue weighted by Gasteiger charge is -2.34. The van der Waals surface area contributed by atoms with Crippen molar-refractivity contribution in [3.8, 4) is 5.69 Å². The number of rotatable bonds is 4. The van der Waals surface area contributed by atoms with Gasteiger partial charge in [-0.25, -0.2) is 14.4 Å². The molecule has 1 aliphatic heterocycles. The number of hydrogen-bond acceptors (Lipinski definition) is 6. The molecule has 3 atom stereocenters. The van der Waals surface area contributed by atoms with Crippen molar-refractivity contribution in [2.24, 2.45) is 5.92 Å². The molecule has 0 spiro atoms. The predicted molar refractivity (Wildman–Crippen MR) is 103 cm³/mol. The van der Waals surface area contributed by atoms with E-state index in [1.54, 1.807) is 4.90 Å². The van der Waals surface area contributed by atoms with Crippen molar-refractivity contribution in [2.75, 3.05) is 11.9 Å². The third-order valence-electron chi connectivity index (χ3n) is 5.86. The van der Waals surface area contributed by atoms with Gasteiger partial charge in [-0.3, -0.25) is 4.79 Å². The third-order valence-corrected chi connectivity index (χ3v) is 5.86. The maximum atomic E-state index is 14.0. The molecule has 2 fully saturated rings. The smallest absolute Gasteiger partial charge is 0.349 e. The fourth-order valence-electron chi connectivity index (χ4n) is 4.48. The van der Waals surface area contributed by atoms with Gasteiger partial charge < -0.3 is 10.2 Å². The molecule has 3 aromatic rings. The molecule has 12 heteroatoms. The number of carbonyl (C=O) groups is 1. The second-order valence-corrected chi connectivity index (χ2v) is 7.89. The highest BCUT2D eigenvalue weighted by Crippen LogP contribution is 2.40. The molecule has 1 saturated carbocycles. The van der Waals surface area contributed by atoms with Crippen LogP contribution in [0.1, 0.15) is 28.8 Å². The van der Waals surface area contributed by atoms with E-state index in [2.05, 4.69) is 25.5 Å². The van der Waals surface area contributed by atoms with Gasteiger partial charge in [0, 0.05) is 25.0 Å². The van der Waals surface area contributed by atoms with Crippen LogP contribution in [0.25, 0.3) is 5.69 Å². The second-order valence-electron chi connectivity index (χ2n) is 7.89. The van der Waals surface area contributed by atoms with Crippen LogP contribution in [-0.4, -0.2) is 54.4 Å². The van der Waals surface area contributed by atoms with Gasteiger partial charge in [0.25, 0.3) is 5.91 Å². The van der Waals surface area contributed by atoms with E-state index in [1.165, 1.54) is 29.3 Å². The molecule has 2 bridgehead atoms. The number of amides is 1. The summed E-state index contributed by atoms with van der Waals surface area (Å²) in [5.74, 6) is -0.628. The van der Waals surface area contributed by atoms with Crippen LogP contribution in [0.5, 0.6) is 0 Å². The van der Waals surface area contributed by atoms with Crippen LogP contribution in [0.15, 0.2) is 43.0 Å². The first kappa shape index (κ1) is 20.3. The summed E-state index contributed by atoms with van der Waals surface area (Å²) in [4.78, 5) is 23.8. The van der Waals surface area contributed by atoms with Crippen LogP contribution >= 0.6 is 0 Å². The maximum Gasteiger partial charge on any atom is 0.419 e. The molecule has 2 aliphatic rings. The first-order chi connectivity index (χ1) is 15.3. The molecule has 32 heavy (non-hydrogen) atoms. The summed E-state index contributed by atoms with van der Waals surface area (Å²) in [7, 11) is 0. The summed E-state index contributed by atoms with van der Waals surface area (Å²) in [6.45, 7) is 0.512. The number of fused-ring (bicyclic) bond motifs is 2. The lowest BCUT2D eigenvalue weighted by molar-refractivity contribution is -0.138. The second kappa shape index (κ2) is 7.53. The van der Waals surface area contributed by atoms with Crippen LogP contribution in [0.2, 0.25) is 0 Å². The summed E-state index contributed by atoms with van der Waals surface area (Å²) in [6, 6.07) is 3.39. The zero-order valence-electron chi connectivity index (χ0n) is 16.5. The SMILES string of the molecule is O=C(c1cc(F)ccc1-n1nccn1)N1C[C@H]2C[C@@H](Nc3ncc(C(F)(F)F)cn3)[C@@H]1C2. The van der Waals surface area contributed by atoms with Crippen molar-refractivity contribution in [1.29, 1.82) is 0 Å². The normalized spacial score (nSPS) is 22.4. The lowest BCUT2D eigenvalue weighted by Crippen LogP contribution is -2.48. The van der Waals surface area contributed by atoms with Crippen LogP contribution < -0.4 is 5.32 Å². The number of hydrogen-bond donors (Lipinski definition) is 1. The first-order valence-electron chi connectivity index (χ1n) is 9.92. The monoisotopic (exact) mass is 447 g/mol. The summed E-state index contributed by atoms with van der Waals surface area (Å²) < 4.78 is 52.2. The summed E-state index contributed by atoms with van der Waals surface area (Å²) in [5, 5.41) is 11.1. The molecule has 166 valence electrons. The minimum atomic E-state index is -4.51. The van der Waals surface area contributed by atoms with E-state index in [-0.39, 0.29) is 35.4 Å². The van der Waals surface area contributed by atoms with Gasteiger partial charge in [-0.05, 0) is 37.0 Å². The Bertz CT molecular complexity index is 1130. The Morgan fingerprint density at radius 3 is 2.47 bits per heavy atom. The third kappa shape index (κ3) is 3.65. The summed E-state index contributed by atoms with van der Waals surface area (Å²) in [5.41, 5.74) is -0.434. The number of aromatic nitrogens is 5. The van der Waals surface area contributed by atoms with Crippen molar-refractivity contribution >= 4 is 11.9 Å². The molecule has 5 rings (SSSR count). The van der Waals surface area contributed by atoms with E-state index in [1.807, 2.05) is 0 Å².